The molecule has 106 valence electrons. The predicted octanol–water partition coefficient (Wildman–Crippen LogP) is 3.98. The van der Waals surface area contributed by atoms with E-state index in [0.29, 0.717) is 6.42 Å². The molecule has 2 unspecified atom stereocenters. The molecule has 2 atom stereocenters. The zero-order valence-corrected chi connectivity index (χ0v) is 14.7. The number of halogens is 2. The van der Waals surface area contributed by atoms with Crippen LogP contribution in [0.3, 0.4) is 0 Å². The Morgan fingerprint density at radius 1 is 1.21 bits per heavy atom. The van der Waals surface area contributed by atoms with Crippen LogP contribution in [-0.2, 0) is 9.84 Å². The summed E-state index contributed by atoms with van der Waals surface area (Å²) in [6.07, 6.45) is 4.78. The van der Waals surface area contributed by atoms with E-state index in [2.05, 4.69) is 37.2 Å². The van der Waals surface area contributed by atoms with Gasteiger partial charge in [-0.2, -0.15) is 0 Å². The van der Waals surface area contributed by atoms with Gasteiger partial charge >= 0.3 is 0 Å². The first-order valence-corrected chi connectivity index (χ1v) is 9.81. The second-order valence-corrected chi connectivity index (χ2v) is 9.09. The van der Waals surface area contributed by atoms with Crippen molar-refractivity contribution in [2.75, 3.05) is 11.6 Å². The summed E-state index contributed by atoms with van der Waals surface area (Å²) < 4.78 is 25.3. The first-order valence-electron chi connectivity index (χ1n) is 6.27. The molecule has 1 aromatic carbocycles. The van der Waals surface area contributed by atoms with E-state index >= 15 is 0 Å². The van der Waals surface area contributed by atoms with E-state index in [4.69, 9.17) is 0 Å². The van der Waals surface area contributed by atoms with Gasteiger partial charge in [0.1, 0.15) is 9.84 Å². The van der Waals surface area contributed by atoms with Gasteiger partial charge < -0.3 is 5.32 Å². The Hall–Kier alpha value is -0.0700. The number of para-hydroxylation sites is 1. The molecule has 0 amide bonds. The maximum Gasteiger partial charge on any atom is 0.150 e. The minimum atomic E-state index is -2.93. The van der Waals surface area contributed by atoms with E-state index < -0.39 is 9.84 Å². The van der Waals surface area contributed by atoms with Crippen molar-refractivity contribution >= 4 is 47.4 Å². The monoisotopic (exact) mass is 409 g/mol. The van der Waals surface area contributed by atoms with Crippen LogP contribution in [0.1, 0.15) is 25.7 Å². The number of nitrogens with one attached hydrogen (secondary N) is 1. The summed E-state index contributed by atoms with van der Waals surface area (Å²) in [5.74, 6) is 0. The Morgan fingerprint density at radius 2 is 1.84 bits per heavy atom. The lowest BCUT2D eigenvalue weighted by molar-refractivity contribution is 0.452. The van der Waals surface area contributed by atoms with Gasteiger partial charge in [-0.05, 0) is 63.3 Å². The SMILES string of the molecule is CS(=O)(=O)C1CCCC(Nc2c(Br)cccc2Br)C1. The van der Waals surface area contributed by atoms with E-state index in [1.807, 2.05) is 18.2 Å². The molecule has 0 bridgehead atoms. The van der Waals surface area contributed by atoms with E-state index in [1.54, 1.807) is 0 Å². The standard InChI is InChI=1S/C13H17Br2NO2S/c1-19(17,18)10-5-2-4-9(8-10)16-13-11(14)6-3-7-12(13)15/h3,6-7,9-10,16H,2,4-5,8H2,1H3. The van der Waals surface area contributed by atoms with Gasteiger partial charge in [0.05, 0.1) is 10.9 Å². The summed E-state index contributed by atoms with van der Waals surface area (Å²) in [5, 5.41) is 3.25. The van der Waals surface area contributed by atoms with Crippen molar-refractivity contribution in [3.8, 4) is 0 Å². The van der Waals surface area contributed by atoms with Crippen molar-refractivity contribution in [1.29, 1.82) is 0 Å². The van der Waals surface area contributed by atoms with Gasteiger partial charge in [-0.1, -0.05) is 12.5 Å². The number of sulfone groups is 1. The summed E-state index contributed by atoms with van der Waals surface area (Å²) in [4.78, 5) is 0. The minimum Gasteiger partial charge on any atom is -0.380 e. The molecule has 19 heavy (non-hydrogen) atoms. The molecular formula is C13H17Br2NO2S. The molecule has 1 aliphatic carbocycles. The highest BCUT2D eigenvalue weighted by Crippen LogP contribution is 2.34. The lowest BCUT2D eigenvalue weighted by Crippen LogP contribution is -2.34. The Balaban J connectivity index is 2.11. The van der Waals surface area contributed by atoms with Crippen LogP contribution in [0.25, 0.3) is 0 Å². The Morgan fingerprint density at radius 3 is 2.42 bits per heavy atom. The van der Waals surface area contributed by atoms with Gasteiger partial charge in [0.25, 0.3) is 0 Å². The number of benzene rings is 1. The maximum absolute atomic E-state index is 11.7. The zero-order valence-electron chi connectivity index (χ0n) is 10.7. The quantitative estimate of drug-likeness (QED) is 0.819. The van der Waals surface area contributed by atoms with Crippen LogP contribution in [0.4, 0.5) is 5.69 Å². The molecule has 0 aromatic heterocycles. The van der Waals surface area contributed by atoms with Crippen molar-refractivity contribution in [2.45, 2.75) is 37.0 Å². The third-order valence-corrected chi connectivity index (χ3v) is 6.50. The summed E-state index contributed by atoms with van der Waals surface area (Å²) in [5.41, 5.74) is 1.00. The van der Waals surface area contributed by atoms with E-state index in [-0.39, 0.29) is 11.3 Å². The molecule has 1 aromatic rings. The lowest BCUT2D eigenvalue weighted by Gasteiger charge is -2.30. The molecule has 0 aliphatic heterocycles. The van der Waals surface area contributed by atoms with E-state index in [0.717, 1.165) is 33.9 Å². The molecule has 3 nitrogen and oxygen atoms in total. The summed E-state index contributed by atoms with van der Waals surface area (Å²) >= 11 is 7.04. The van der Waals surface area contributed by atoms with Crippen LogP contribution in [0, 0.1) is 0 Å². The van der Waals surface area contributed by atoms with Crippen LogP contribution in [0.5, 0.6) is 0 Å². The fourth-order valence-corrected chi connectivity index (χ4v) is 4.91. The van der Waals surface area contributed by atoms with Gasteiger partial charge in [-0.25, -0.2) is 8.42 Å². The maximum atomic E-state index is 11.7. The topological polar surface area (TPSA) is 46.2 Å². The molecule has 1 saturated carbocycles. The highest BCUT2D eigenvalue weighted by molar-refractivity contribution is 9.11. The Kier molecular flexibility index (Phi) is 4.95. The summed E-state index contributed by atoms with van der Waals surface area (Å²) in [6, 6.07) is 6.12. The fraction of sp³-hybridized carbons (Fsp3) is 0.538. The van der Waals surface area contributed by atoms with Crippen molar-refractivity contribution in [1.82, 2.24) is 0 Å². The summed E-state index contributed by atoms with van der Waals surface area (Å²) in [6.45, 7) is 0. The Labute approximate surface area is 131 Å². The molecule has 2 rings (SSSR count). The van der Waals surface area contributed by atoms with E-state index in [9.17, 15) is 8.42 Å². The average Bonchev–Trinajstić information content (AvgIpc) is 2.33. The number of rotatable bonds is 3. The third-order valence-electron chi connectivity index (χ3n) is 3.54. The molecule has 1 fully saturated rings. The van der Waals surface area contributed by atoms with Crippen LogP contribution in [-0.4, -0.2) is 26.0 Å². The van der Waals surface area contributed by atoms with Gasteiger partial charge in [-0.15, -0.1) is 0 Å². The van der Waals surface area contributed by atoms with Gasteiger partial charge in [-0.3, -0.25) is 0 Å². The molecule has 0 saturated heterocycles. The molecule has 1 N–H and O–H groups in total. The lowest BCUT2D eigenvalue weighted by atomic mass is 9.95. The second kappa shape index (κ2) is 6.14. The van der Waals surface area contributed by atoms with Crippen LogP contribution < -0.4 is 5.32 Å². The van der Waals surface area contributed by atoms with Crippen LogP contribution >= 0.6 is 31.9 Å². The smallest absolute Gasteiger partial charge is 0.150 e. The molecule has 0 spiro atoms. The highest BCUT2D eigenvalue weighted by Gasteiger charge is 2.29. The predicted molar refractivity (Wildman–Crippen MR) is 86.4 cm³/mol. The van der Waals surface area contributed by atoms with Gasteiger partial charge in [0.2, 0.25) is 0 Å². The second-order valence-electron chi connectivity index (χ2n) is 5.06. The van der Waals surface area contributed by atoms with E-state index in [1.165, 1.54) is 6.26 Å². The molecular weight excluding hydrogens is 394 g/mol. The fourth-order valence-electron chi connectivity index (χ4n) is 2.50. The largest absolute Gasteiger partial charge is 0.380 e. The number of hydrogen-bond donors (Lipinski definition) is 1. The molecule has 0 radical (unpaired) electrons. The molecule has 1 aliphatic rings. The molecule has 6 heteroatoms. The zero-order chi connectivity index (χ0) is 14.0. The van der Waals surface area contributed by atoms with Crippen molar-refractivity contribution in [3.05, 3.63) is 27.1 Å². The normalized spacial score (nSPS) is 24.2. The number of anilines is 1. The highest BCUT2D eigenvalue weighted by atomic mass is 79.9. The van der Waals surface area contributed by atoms with Crippen molar-refractivity contribution < 1.29 is 8.42 Å². The minimum absolute atomic E-state index is 0.208. The molecule has 0 heterocycles. The average molecular weight is 411 g/mol. The first-order chi connectivity index (χ1) is 8.88. The van der Waals surface area contributed by atoms with Gasteiger partial charge in [0.15, 0.2) is 0 Å². The Bertz CT molecular complexity index is 540. The first kappa shape index (κ1) is 15.3. The third kappa shape index (κ3) is 3.95. The van der Waals surface area contributed by atoms with Crippen LogP contribution in [0.15, 0.2) is 27.1 Å². The van der Waals surface area contributed by atoms with Crippen molar-refractivity contribution in [3.63, 3.8) is 0 Å². The number of hydrogen-bond acceptors (Lipinski definition) is 3. The van der Waals surface area contributed by atoms with Crippen molar-refractivity contribution in [2.24, 2.45) is 0 Å². The van der Waals surface area contributed by atoms with Gasteiger partial charge in [0, 0.05) is 21.2 Å². The van der Waals surface area contributed by atoms with Crippen LogP contribution in [0.2, 0.25) is 0 Å². The summed E-state index contributed by atoms with van der Waals surface area (Å²) in [7, 11) is -2.93.